The first-order chi connectivity index (χ1) is 14.0. The molecule has 0 bridgehead atoms. The van der Waals surface area contributed by atoms with E-state index < -0.39 is 9.84 Å². The summed E-state index contributed by atoms with van der Waals surface area (Å²) in [5.41, 5.74) is 4.85. The second-order valence-corrected chi connectivity index (χ2v) is 9.08. The van der Waals surface area contributed by atoms with Crippen LogP contribution in [0.1, 0.15) is 30.0 Å². The third-order valence-electron chi connectivity index (χ3n) is 4.79. The van der Waals surface area contributed by atoms with Crippen LogP contribution in [0.3, 0.4) is 0 Å². The van der Waals surface area contributed by atoms with Gasteiger partial charge in [0.25, 0.3) is 0 Å². The van der Waals surface area contributed by atoms with Gasteiger partial charge >= 0.3 is 0 Å². The maximum Gasteiger partial charge on any atom is 0.178 e. The van der Waals surface area contributed by atoms with Gasteiger partial charge in [-0.25, -0.2) is 8.42 Å². The van der Waals surface area contributed by atoms with E-state index in [-0.39, 0.29) is 5.75 Å². The van der Waals surface area contributed by atoms with E-state index in [9.17, 15) is 8.42 Å². The first-order valence-electron chi connectivity index (χ1n) is 9.57. The van der Waals surface area contributed by atoms with Crippen molar-refractivity contribution in [3.05, 3.63) is 107 Å². The van der Waals surface area contributed by atoms with Gasteiger partial charge in [0, 0.05) is 11.1 Å². The summed E-state index contributed by atoms with van der Waals surface area (Å²) in [7, 11) is -3.37. The smallest absolute Gasteiger partial charge is 0.178 e. The number of sulfone groups is 1. The maximum absolute atomic E-state index is 12.8. The highest BCUT2D eigenvalue weighted by atomic mass is 32.2. The van der Waals surface area contributed by atoms with E-state index in [0.29, 0.717) is 11.3 Å². The van der Waals surface area contributed by atoms with Crippen LogP contribution in [-0.4, -0.2) is 14.2 Å². The summed E-state index contributed by atoms with van der Waals surface area (Å²) in [5.74, 6) is 6.44. The van der Waals surface area contributed by atoms with Crippen LogP contribution in [0, 0.1) is 18.8 Å². The van der Waals surface area contributed by atoms with Crippen molar-refractivity contribution in [1.82, 2.24) is 0 Å². The molecule has 146 valence electrons. The molecule has 0 N–H and O–H groups in total. The van der Waals surface area contributed by atoms with Crippen molar-refractivity contribution in [2.45, 2.75) is 25.2 Å². The van der Waals surface area contributed by atoms with E-state index in [2.05, 4.69) is 11.8 Å². The number of hydrogen-bond donors (Lipinski definition) is 0. The minimum Gasteiger partial charge on any atom is -0.224 e. The van der Waals surface area contributed by atoms with E-state index in [1.807, 2.05) is 86.6 Å². The van der Waals surface area contributed by atoms with Crippen LogP contribution < -0.4 is 0 Å². The molecule has 0 amide bonds. The summed E-state index contributed by atoms with van der Waals surface area (Å²) < 4.78 is 25.6. The highest BCUT2D eigenvalue weighted by molar-refractivity contribution is 7.91. The molecule has 0 saturated heterocycles. The summed E-state index contributed by atoms with van der Waals surface area (Å²) in [4.78, 5) is 0.357. The standard InChI is InChI=1S/C26H24O2S/c1-21-13-17-26(18-14-21)29(27,28)20-19-25(16-15-23-9-5-3-6-10-23)22(2)24-11-7-4-8-12-24/h3-14,17-18H,19-20H2,1-2H3/b25-22+. The predicted molar refractivity (Wildman–Crippen MR) is 120 cm³/mol. The molecule has 0 heterocycles. The lowest BCUT2D eigenvalue weighted by molar-refractivity contribution is 0.595. The van der Waals surface area contributed by atoms with Crippen LogP contribution >= 0.6 is 0 Å². The molecule has 0 unspecified atom stereocenters. The van der Waals surface area contributed by atoms with E-state index in [4.69, 9.17) is 0 Å². The summed E-state index contributed by atoms with van der Waals surface area (Å²) in [6.45, 7) is 3.95. The molecule has 0 saturated carbocycles. The number of aryl methyl sites for hydroxylation is 1. The molecule has 0 radical (unpaired) electrons. The summed E-state index contributed by atoms with van der Waals surface area (Å²) in [5, 5.41) is 0. The topological polar surface area (TPSA) is 34.1 Å². The number of hydrogen-bond acceptors (Lipinski definition) is 2. The van der Waals surface area contributed by atoms with Crippen molar-refractivity contribution in [3.8, 4) is 11.8 Å². The molecule has 0 aliphatic heterocycles. The number of allylic oxidation sites excluding steroid dienone is 2. The summed E-state index contributed by atoms with van der Waals surface area (Å²) in [6, 6.07) is 26.7. The quantitative estimate of drug-likeness (QED) is 0.516. The molecule has 0 aliphatic rings. The maximum atomic E-state index is 12.8. The van der Waals surface area contributed by atoms with Gasteiger partial charge in [-0.05, 0) is 55.7 Å². The Bertz CT molecular complexity index is 1150. The fourth-order valence-corrected chi connectivity index (χ4v) is 4.23. The number of rotatable bonds is 5. The first-order valence-corrected chi connectivity index (χ1v) is 11.2. The molecule has 3 heteroatoms. The average molecular weight is 401 g/mol. The molecule has 3 rings (SSSR count). The van der Waals surface area contributed by atoms with Gasteiger partial charge in [0.1, 0.15) is 0 Å². The Morgan fingerprint density at radius 2 is 1.41 bits per heavy atom. The second-order valence-electron chi connectivity index (χ2n) is 6.97. The van der Waals surface area contributed by atoms with Crippen LogP contribution in [0.2, 0.25) is 0 Å². The van der Waals surface area contributed by atoms with Crippen molar-refractivity contribution >= 4 is 15.4 Å². The molecule has 2 nitrogen and oxygen atoms in total. The van der Waals surface area contributed by atoms with Gasteiger partial charge in [-0.3, -0.25) is 0 Å². The van der Waals surface area contributed by atoms with E-state index in [1.54, 1.807) is 12.1 Å². The highest BCUT2D eigenvalue weighted by Crippen LogP contribution is 2.22. The predicted octanol–water partition coefficient (Wildman–Crippen LogP) is 5.68. The van der Waals surface area contributed by atoms with Gasteiger partial charge in [0.05, 0.1) is 10.6 Å². The molecular formula is C26H24O2S. The van der Waals surface area contributed by atoms with Gasteiger partial charge in [0.2, 0.25) is 0 Å². The van der Waals surface area contributed by atoms with Crippen molar-refractivity contribution < 1.29 is 8.42 Å². The third-order valence-corrected chi connectivity index (χ3v) is 6.52. The van der Waals surface area contributed by atoms with Crippen LogP contribution in [0.4, 0.5) is 0 Å². The van der Waals surface area contributed by atoms with Gasteiger partial charge in [0.15, 0.2) is 9.84 Å². The van der Waals surface area contributed by atoms with Crippen LogP contribution in [0.5, 0.6) is 0 Å². The summed E-state index contributed by atoms with van der Waals surface area (Å²) >= 11 is 0. The first kappa shape index (κ1) is 20.6. The molecule has 0 aromatic heterocycles. The molecule has 0 fully saturated rings. The fourth-order valence-electron chi connectivity index (χ4n) is 2.98. The minimum atomic E-state index is -3.37. The van der Waals surface area contributed by atoms with Gasteiger partial charge in [-0.1, -0.05) is 78.1 Å². The fraction of sp³-hybridized carbons (Fsp3) is 0.154. The van der Waals surface area contributed by atoms with E-state index >= 15 is 0 Å². The van der Waals surface area contributed by atoms with Crippen LogP contribution in [0.15, 0.2) is 95.4 Å². The lowest BCUT2D eigenvalue weighted by atomic mass is 10.00. The molecule has 0 atom stereocenters. The zero-order chi connectivity index (χ0) is 20.7. The van der Waals surface area contributed by atoms with Crippen molar-refractivity contribution in [1.29, 1.82) is 0 Å². The molecule has 29 heavy (non-hydrogen) atoms. The van der Waals surface area contributed by atoms with Crippen molar-refractivity contribution in [2.24, 2.45) is 0 Å². The van der Waals surface area contributed by atoms with E-state index in [0.717, 1.165) is 27.8 Å². The molecular weight excluding hydrogens is 376 g/mol. The normalized spacial score (nSPS) is 11.9. The Kier molecular flexibility index (Phi) is 6.69. The molecule has 0 aliphatic carbocycles. The van der Waals surface area contributed by atoms with E-state index in [1.165, 1.54) is 0 Å². The summed E-state index contributed by atoms with van der Waals surface area (Å²) in [6.07, 6.45) is 0.372. The Morgan fingerprint density at radius 3 is 2.03 bits per heavy atom. The van der Waals surface area contributed by atoms with Gasteiger partial charge in [-0.2, -0.15) is 0 Å². The Labute approximate surface area is 173 Å². The monoisotopic (exact) mass is 400 g/mol. The largest absolute Gasteiger partial charge is 0.224 e. The minimum absolute atomic E-state index is 0.0268. The highest BCUT2D eigenvalue weighted by Gasteiger charge is 2.15. The third kappa shape index (κ3) is 5.70. The molecule has 0 spiro atoms. The Hall–Kier alpha value is -3.09. The van der Waals surface area contributed by atoms with Crippen LogP contribution in [-0.2, 0) is 9.84 Å². The van der Waals surface area contributed by atoms with Crippen molar-refractivity contribution in [2.75, 3.05) is 5.75 Å². The molecule has 3 aromatic carbocycles. The Balaban J connectivity index is 1.91. The zero-order valence-corrected chi connectivity index (χ0v) is 17.5. The van der Waals surface area contributed by atoms with Crippen molar-refractivity contribution in [3.63, 3.8) is 0 Å². The van der Waals surface area contributed by atoms with Gasteiger partial charge < -0.3 is 0 Å². The van der Waals surface area contributed by atoms with Crippen LogP contribution in [0.25, 0.3) is 5.57 Å². The number of benzene rings is 3. The SMILES string of the molecule is C/C(=C(/C#Cc1ccccc1)CCS(=O)(=O)c1ccc(C)cc1)c1ccccc1. The van der Waals surface area contributed by atoms with Gasteiger partial charge in [-0.15, -0.1) is 0 Å². The second kappa shape index (κ2) is 9.41. The molecule has 3 aromatic rings. The lowest BCUT2D eigenvalue weighted by Crippen LogP contribution is -2.08. The average Bonchev–Trinajstić information content (AvgIpc) is 2.75. The zero-order valence-electron chi connectivity index (χ0n) is 16.7. The Morgan fingerprint density at radius 1 is 0.828 bits per heavy atom. The lowest BCUT2D eigenvalue weighted by Gasteiger charge is -2.09.